The van der Waals surface area contributed by atoms with Crippen molar-refractivity contribution in [1.82, 2.24) is 0 Å². The molecule has 0 bridgehead atoms. The normalized spacial score (nSPS) is 11.9. The topological polar surface area (TPSA) is 38.3 Å². The van der Waals surface area contributed by atoms with Crippen molar-refractivity contribution in [2.45, 2.75) is 19.0 Å². The molecule has 0 fully saturated rings. The molecule has 0 aliphatic carbocycles. The molecule has 11 heteroatoms. The molecule has 1 aromatic carbocycles. The molecule has 1 rings (SSSR count). The van der Waals surface area contributed by atoms with Gasteiger partial charge in [-0.25, -0.2) is 8.78 Å². The monoisotopic (exact) mass is 399 g/mol. The number of carbonyl (C=O) groups is 1. The number of halogens is 8. The van der Waals surface area contributed by atoms with Gasteiger partial charge in [0, 0.05) is 5.02 Å². The summed E-state index contributed by atoms with van der Waals surface area (Å²) in [7, 11) is 0. The predicted octanol–water partition coefficient (Wildman–Crippen LogP) is 4.54. The van der Waals surface area contributed by atoms with Gasteiger partial charge in [0.1, 0.15) is 0 Å². The fraction of sp³-hybridized carbons (Fsp3) is 0.300. The maximum Gasteiger partial charge on any atom is 0.387 e. The molecule has 0 atom stereocenters. The number of nitrogens with one attached hydrogen (secondary N) is 1. The van der Waals surface area contributed by atoms with E-state index in [1.807, 2.05) is 0 Å². The molecule has 0 heterocycles. The van der Waals surface area contributed by atoms with Crippen molar-refractivity contribution < 1.29 is 35.9 Å². The van der Waals surface area contributed by atoms with Crippen molar-refractivity contribution >= 4 is 39.1 Å². The van der Waals surface area contributed by atoms with Gasteiger partial charge in [-0.15, -0.1) is 0 Å². The Bertz CT molecular complexity index is 543. The molecule has 1 N–H and O–H groups in total. The second kappa shape index (κ2) is 6.73. The van der Waals surface area contributed by atoms with Gasteiger partial charge >= 0.3 is 24.9 Å². The van der Waals surface area contributed by atoms with Crippen LogP contribution >= 0.6 is 27.5 Å². The highest BCUT2D eigenvalue weighted by Crippen LogP contribution is 2.38. The van der Waals surface area contributed by atoms with Crippen molar-refractivity contribution in [3.05, 3.63) is 21.6 Å². The van der Waals surface area contributed by atoms with E-state index in [-0.39, 0.29) is 9.50 Å². The van der Waals surface area contributed by atoms with Crippen molar-refractivity contribution in [3.63, 3.8) is 0 Å². The van der Waals surface area contributed by atoms with Crippen LogP contribution < -0.4 is 10.1 Å². The minimum absolute atomic E-state index is 0.140. The first-order valence-electron chi connectivity index (χ1n) is 4.97. The first-order valence-corrected chi connectivity index (χ1v) is 6.14. The number of rotatable bonds is 5. The van der Waals surface area contributed by atoms with E-state index in [2.05, 4.69) is 20.7 Å². The fourth-order valence-electron chi connectivity index (χ4n) is 1.17. The Hall–Kier alpha value is -1.16. The molecule has 0 unspecified atom stereocenters. The first-order chi connectivity index (χ1) is 9.55. The second-order valence-corrected chi connectivity index (χ2v) is 4.81. The van der Waals surface area contributed by atoms with Gasteiger partial charge in [-0.1, -0.05) is 11.6 Å². The van der Waals surface area contributed by atoms with E-state index in [0.29, 0.717) is 0 Å². The molecule has 0 aromatic heterocycles. The van der Waals surface area contributed by atoms with Crippen LogP contribution in [0, 0.1) is 0 Å². The summed E-state index contributed by atoms with van der Waals surface area (Å²) in [6, 6.07) is 1.88. The Morgan fingerprint density at radius 1 is 1.29 bits per heavy atom. The third kappa shape index (κ3) is 4.40. The lowest BCUT2D eigenvalue weighted by Crippen LogP contribution is -2.41. The summed E-state index contributed by atoms with van der Waals surface area (Å²) in [4.78, 5) is 11.1. The number of anilines is 1. The lowest BCUT2D eigenvalue weighted by Gasteiger charge is -2.18. The number of alkyl halides is 6. The van der Waals surface area contributed by atoms with Crippen LogP contribution in [0.25, 0.3) is 0 Å². The minimum Gasteiger partial charge on any atom is -0.431 e. The van der Waals surface area contributed by atoms with Crippen LogP contribution in [-0.4, -0.2) is 24.9 Å². The molecule has 0 radical (unpaired) electrons. The molecule has 21 heavy (non-hydrogen) atoms. The molecule has 0 spiro atoms. The molecule has 0 aliphatic heterocycles. The van der Waals surface area contributed by atoms with Gasteiger partial charge in [0.15, 0.2) is 5.75 Å². The van der Waals surface area contributed by atoms with Crippen molar-refractivity contribution in [3.8, 4) is 5.75 Å². The highest BCUT2D eigenvalue weighted by molar-refractivity contribution is 9.10. The molecule has 3 nitrogen and oxygen atoms in total. The fourth-order valence-corrected chi connectivity index (χ4v) is 2.07. The Morgan fingerprint density at radius 3 is 2.33 bits per heavy atom. The lowest BCUT2D eigenvalue weighted by molar-refractivity contribution is -0.163. The van der Waals surface area contributed by atoms with E-state index in [0.717, 1.165) is 12.1 Å². The summed E-state index contributed by atoms with van der Waals surface area (Å²) in [5.74, 6) is -8.12. The summed E-state index contributed by atoms with van der Waals surface area (Å²) in [5, 5.41) is 1.24. The number of hydrogen-bond donors (Lipinski definition) is 1. The van der Waals surface area contributed by atoms with Gasteiger partial charge in [0.25, 0.3) is 0 Å². The maximum atomic E-state index is 12.8. The Kier molecular flexibility index (Phi) is 5.74. The van der Waals surface area contributed by atoms with Crippen molar-refractivity contribution in [2.75, 3.05) is 5.32 Å². The molecule has 1 aromatic rings. The van der Waals surface area contributed by atoms with Crippen LogP contribution in [0.4, 0.5) is 32.0 Å². The van der Waals surface area contributed by atoms with Crippen LogP contribution in [0.1, 0.15) is 0 Å². The van der Waals surface area contributed by atoms with Crippen LogP contribution in [0.5, 0.6) is 5.75 Å². The molecule has 0 aliphatic rings. The smallest absolute Gasteiger partial charge is 0.387 e. The first kappa shape index (κ1) is 17.9. The molecule has 0 saturated heterocycles. The Balaban J connectivity index is 3.15. The molecule has 1 amide bonds. The maximum absolute atomic E-state index is 12.8. The lowest BCUT2D eigenvalue weighted by atomic mass is 10.2. The van der Waals surface area contributed by atoms with Gasteiger partial charge < -0.3 is 10.1 Å². The summed E-state index contributed by atoms with van der Waals surface area (Å²) >= 11 is 8.32. The molecule has 0 saturated carbocycles. The number of hydrogen-bond acceptors (Lipinski definition) is 2. The summed E-state index contributed by atoms with van der Waals surface area (Å²) in [5.41, 5.74) is -0.708. The van der Waals surface area contributed by atoms with E-state index < -0.39 is 36.3 Å². The number of carbonyl (C=O) groups excluding carboxylic acids is 1. The second-order valence-electron chi connectivity index (χ2n) is 3.52. The summed E-state index contributed by atoms with van der Waals surface area (Å²) in [6.07, 6.45) is -4.26. The molecule has 118 valence electrons. The standard InChI is InChI=1S/C10H5BrClF6NO2/c11-4-1-3(12)2-5(6(4)21-9(15)16)19-8(20)10(17,18)7(13)14/h1-2,7,9H,(H,19,20). The number of ether oxygens (including phenoxy) is 1. The SMILES string of the molecule is O=C(Nc1cc(Cl)cc(Br)c1OC(F)F)C(F)(F)C(F)F. The van der Waals surface area contributed by atoms with E-state index in [9.17, 15) is 31.1 Å². The highest BCUT2D eigenvalue weighted by atomic mass is 79.9. The van der Waals surface area contributed by atoms with Crippen LogP contribution in [-0.2, 0) is 4.79 Å². The van der Waals surface area contributed by atoms with Gasteiger partial charge in [0.2, 0.25) is 0 Å². The van der Waals surface area contributed by atoms with Gasteiger partial charge in [-0.2, -0.15) is 17.6 Å². The third-order valence-corrected chi connectivity index (χ3v) is 2.85. The number of amides is 1. The molecular weight excluding hydrogens is 395 g/mol. The van der Waals surface area contributed by atoms with Crippen LogP contribution in [0.15, 0.2) is 16.6 Å². The zero-order chi connectivity index (χ0) is 16.4. The van der Waals surface area contributed by atoms with Crippen molar-refractivity contribution in [2.24, 2.45) is 0 Å². The third-order valence-electron chi connectivity index (χ3n) is 2.04. The largest absolute Gasteiger partial charge is 0.431 e. The zero-order valence-corrected chi connectivity index (χ0v) is 12.0. The van der Waals surface area contributed by atoms with Crippen LogP contribution in [0.2, 0.25) is 5.02 Å². The van der Waals surface area contributed by atoms with Gasteiger partial charge in [0.05, 0.1) is 10.2 Å². The quantitative estimate of drug-likeness (QED) is 0.737. The van der Waals surface area contributed by atoms with E-state index >= 15 is 0 Å². The summed E-state index contributed by atoms with van der Waals surface area (Å²) < 4.78 is 78.0. The zero-order valence-electron chi connectivity index (χ0n) is 9.65. The predicted molar refractivity (Wildman–Crippen MR) is 65.4 cm³/mol. The highest BCUT2D eigenvalue weighted by Gasteiger charge is 2.49. The van der Waals surface area contributed by atoms with E-state index in [1.165, 1.54) is 5.32 Å². The van der Waals surface area contributed by atoms with E-state index in [1.54, 1.807) is 0 Å². The van der Waals surface area contributed by atoms with Gasteiger partial charge in [-0.3, -0.25) is 4.79 Å². The molecular formula is C10H5BrClF6NO2. The van der Waals surface area contributed by atoms with Crippen LogP contribution in [0.3, 0.4) is 0 Å². The Morgan fingerprint density at radius 2 is 1.86 bits per heavy atom. The number of benzene rings is 1. The Labute approximate surface area is 127 Å². The average Bonchev–Trinajstić information content (AvgIpc) is 2.32. The average molecular weight is 400 g/mol. The van der Waals surface area contributed by atoms with Gasteiger partial charge in [-0.05, 0) is 28.1 Å². The van der Waals surface area contributed by atoms with E-state index in [4.69, 9.17) is 11.6 Å². The van der Waals surface area contributed by atoms with Crippen molar-refractivity contribution in [1.29, 1.82) is 0 Å². The summed E-state index contributed by atoms with van der Waals surface area (Å²) in [6.45, 7) is -3.34. The minimum atomic E-state index is -5.00.